The number of halogens is 1. The molecule has 90 valence electrons. The summed E-state index contributed by atoms with van der Waals surface area (Å²) in [5.74, 6) is 0.398. The lowest BCUT2D eigenvalue weighted by atomic mass is 10.8. The van der Waals surface area contributed by atoms with Gasteiger partial charge in [0.15, 0.2) is 5.16 Å². The Morgan fingerprint density at radius 3 is 2.94 bits per heavy atom. The standard InChI is InChI=1S/C8H5ClN8S/c9-5-13-6(17-2-1-10-4-17)15-8(14-5)18-7-11-3-12-16-7/h1-4H,(H,11,12,16). The second-order valence-corrected chi connectivity index (χ2v) is 4.34. The van der Waals surface area contributed by atoms with Crippen molar-refractivity contribution in [3.63, 3.8) is 0 Å². The second kappa shape index (κ2) is 4.70. The summed E-state index contributed by atoms with van der Waals surface area (Å²) in [7, 11) is 0. The number of aromatic nitrogens is 8. The third kappa shape index (κ3) is 2.31. The molecule has 0 radical (unpaired) electrons. The minimum absolute atomic E-state index is 0.107. The Morgan fingerprint density at radius 1 is 1.28 bits per heavy atom. The highest BCUT2D eigenvalue weighted by atomic mass is 35.5. The van der Waals surface area contributed by atoms with Gasteiger partial charge in [-0.05, 0) is 23.4 Å². The van der Waals surface area contributed by atoms with Crippen LogP contribution in [0.5, 0.6) is 0 Å². The average Bonchev–Trinajstić information content (AvgIpc) is 3.00. The number of nitrogens with zero attached hydrogens (tertiary/aromatic N) is 7. The highest BCUT2D eigenvalue weighted by Gasteiger charge is 2.09. The topological polar surface area (TPSA) is 98.1 Å². The molecule has 0 saturated carbocycles. The summed E-state index contributed by atoms with van der Waals surface area (Å²) >= 11 is 7.06. The van der Waals surface area contributed by atoms with Crippen LogP contribution in [0.4, 0.5) is 0 Å². The van der Waals surface area contributed by atoms with E-state index in [0.717, 1.165) is 0 Å². The van der Waals surface area contributed by atoms with Gasteiger partial charge in [0.05, 0.1) is 0 Å². The fourth-order valence-electron chi connectivity index (χ4n) is 1.19. The summed E-state index contributed by atoms with van der Waals surface area (Å²) in [6.45, 7) is 0. The maximum Gasteiger partial charge on any atom is 0.240 e. The largest absolute Gasteiger partial charge is 0.274 e. The first-order chi connectivity index (χ1) is 8.81. The summed E-state index contributed by atoms with van der Waals surface area (Å²) in [4.78, 5) is 20.1. The molecule has 0 aromatic carbocycles. The predicted octanol–water partition coefficient (Wildman–Crippen LogP) is 0.980. The third-order valence-electron chi connectivity index (χ3n) is 1.89. The molecule has 0 fully saturated rings. The molecule has 0 aliphatic rings. The second-order valence-electron chi connectivity index (χ2n) is 3.05. The van der Waals surface area contributed by atoms with Crippen LogP contribution < -0.4 is 0 Å². The van der Waals surface area contributed by atoms with E-state index >= 15 is 0 Å². The van der Waals surface area contributed by atoms with E-state index in [2.05, 4.69) is 35.1 Å². The van der Waals surface area contributed by atoms with Crippen LogP contribution in [-0.2, 0) is 0 Å². The van der Waals surface area contributed by atoms with E-state index in [1.807, 2.05) is 0 Å². The Bertz CT molecular complexity index is 637. The van der Waals surface area contributed by atoms with E-state index in [1.54, 1.807) is 23.3 Å². The Hall–Kier alpha value is -2.00. The molecule has 0 atom stereocenters. The van der Waals surface area contributed by atoms with Crippen LogP contribution >= 0.6 is 23.4 Å². The van der Waals surface area contributed by atoms with E-state index in [1.165, 1.54) is 18.1 Å². The van der Waals surface area contributed by atoms with Crippen LogP contribution in [-0.4, -0.2) is 39.7 Å². The zero-order valence-electron chi connectivity index (χ0n) is 8.73. The van der Waals surface area contributed by atoms with E-state index in [0.29, 0.717) is 16.3 Å². The Kier molecular flexibility index (Phi) is 2.90. The molecule has 0 aliphatic carbocycles. The fraction of sp³-hybridized carbons (Fsp3) is 0. The number of nitrogens with one attached hydrogen (secondary N) is 1. The van der Waals surface area contributed by atoms with Crippen molar-refractivity contribution < 1.29 is 0 Å². The molecule has 0 saturated heterocycles. The Labute approximate surface area is 110 Å². The first kappa shape index (κ1) is 11.1. The fourth-order valence-corrected chi connectivity index (χ4v) is 2.03. The number of hydrogen-bond donors (Lipinski definition) is 1. The van der Waals surface area contributed by atoms with Crippen LogP contribution in [0.2, 0.25) is 5.28 Å². The number of hydrogen-bond acceptors (Lipinski definition) is 7. The van der Waals surface area contributed by atoms with Gasteiger partial charge < -0.3 is 0 Å². The van der Waals surface area contributed by atoms with Crippen molar-refractivity contribution in [1.82, 2.24) is 39.7 Å². The summed E-state index contributed by atoms with van der Waals surface area (Å²) in [5, 5.41) is 7.55. The number of aromatic amines is 1. The molecule has 0 unspecified atom stereocenters. The van der Waals surface area contributed by atoms with Gasteiger partial charge in [0, 0.05) is 12.4 Å². The minimum atomic E-state index is 0.107. The summed E-state index contributed by atoms with van der Waals surface area (Å²) in [6, 6.07) is 0. The van der Waals surface area contributed by atoms with Gasteiger partial charge >= 0.3 is 0 Å². The molecule has 8 nitrogen and oxygen atoms in total. The van der Waals surface area contributed by atoms with Gasteiger partial charge in [-0.3, -0.25) is 9.67 Å². The van der Waals surface area contributed by atoms with Crippen molar-refractivity contribution in [1.29, 1.82) is 0 Å². The van der Waals surface area contributed by atoms with Crippen LogP contribution in [0.3, 0.4) is 0 Å². The maximum atomic E-state index is 5.85. The quantitative estimate of drug-likeness (QED) is 0.763. The molecule has 18 heavy (non-hydrogen) atoms. The van der Waals surface area contributed by atoms with Crippen LogP contribution in [0.15, 0.2) is 35.4 Å². The molecule has 3 aromatic heterocycles. The van der Waals surface area contributed by atoms with Crippen LogP contribution in [0, 0.1) is 0 Å². The van der Waals surface area contributed by atoms with Gasteiger partial charge in [0.1, 0.15) is 12.7 Å². The molecule has 1 N–H and O–H groups in total. The molecule has 0 spiro atoms. The Balaban J connectivity index is 1.96. The van der Waals surface area contributed by atoms with Crippen molar-refractivity contribution in [2.75, 3.05) is 0 Å². The van der Waals surface area contributed by atoms with E-state index < -0.39 is 0 Å². The van der Waals surface area contributed by atoms with E-state index in [-0.39, 0.29) is 5.28 Å². The molecule has 0 aliphatic heterocycles. The summed E-state index contributed by atoms with van der Waals surface area (Å²) in [5.41, 5.74) is 0. The lowest BCUT2D eigenvalue weighted by molar-refractivity contribution is 0.819. The van der Waals surface area contributed by atoms with Crippen molar-refractivity contribution >= 4 is 23.4 Å². The molecular formula is C8H5ClN8S. The minimum Gasteiger partial charge on any atom is -0.274 e. The highest BCUT2D eigenvalue weighted by molar-refractivity contribution is 7.99. The summed E-state index contributed by atoms with van der Waals surface area (Å²) < 4.78 is 1.64. The molecule has 0 bridgehead atoms. The third-order valence-corrected chi connectivity index (χ3v) is 2.82. The van der Waals surface area contributed by atoms with E-state index in [4.69, 9.17) is 11.6 Å². The van der Waals surface area contributed by atoms with Crippen molar-refractivity contribution in [3.05, 3.63) is 30.3 Å². The van der Waals surface area contributed by atoms with Crippen LogP contribution in [0.1, 0.15) is 0 Å². The van der Waals surface area contributed by atoms with Gasteiger partial charge in [-0.1, -0.05) is 0 Å². The predicted molar refractivity (Wildman–Crippen MR) is 62.5 cm³/mol. The van der Waals surface area contributed by atoms with Gasteiger partial charge in [0.2, 0.25) is 16.4 Å². The van der Waals surface area contributed by atoms with Crippen LogP contribution in [0.25, 0.3) is 5.95 Å². The zero-order valence-corrected chi connectivity index (χ0v) is 10.3. The van der Waals surface area contributed by atoms with E-state index in [9.17, 15) is 0 Å². The van der Waals surface area contributed by atoms with Crippen molar-refractivity contribution in [2.24, 2.45) is 0 Å². The normalized spacial score (nSPS) is 10.7. The SMILES string of the molecule is Clc1nc(Sc2ncn[nH]2)nc(-n2ccnc2)n1. The summed E-state index contributed by atoms with van der Waals surface area (Å²) in [6.07, 6.45) is 6.33. The first-order valence-corrected chi connectivity index (χ1v) is 5.94. The molecular weight excluding hydrogens is 276 g/mol. The first-order valence-electron chi connectivity index (χ1n) is 4.74. The monoisotopic (exact) mass is 280 g/mol. The molecule has 0 amide bonds. The molecule has 3 heterocycles. The number of H-pyrrole nitrogens is 1. The lowest BCUT2D eigenvalue weighted by Gasteiger charge is -2.02. The van der Waals surface area contributed by atoms with Gasteiger partial charge in [0.25, 0.3) is 0 Å². The Morgan fingerprint density at radius 2 is 2.22 bits per heavy atom. The highest BCUT2D eigenvalue weighted by Crippen LogP contribution is 2.21. The van der Waals surface area contributed by atoms with Crippen molar-refractivity contribution in [3.8, 4) is 5.95 Å². The molecule has 3 rings (SSSR count). The number of imidazole rings is 1. The average molecular weight is 281 g/mol. The number of rotatable bonds is 3. The zero-order chi connectivity index (χ0) is 12.4. The smallest absolute Gasteiger partial charge is 0.240 e. The van der Waals surface area contributed by atoms with Gasteiger partial charge in [-0.2, -0.15) is 20.1 Å². The maximum absolute atomic E-state index is 5.85. The molecule has 3 aromatic rings. The van der Waals surface area contributed by atoms with Crippen molar-refractivity contribution in [2.45, 2.75) is 10.3 Å². The van der Waals surface area contributed by atoms with Gasteiger partial charge in [-0.25, -0.2) is 9.97 Å². The lowest BCUT2D eigenvalue weighted by Crippen LogP contribution is -2.02. The van der Waals surface area contributed by atoms with Gasteiger partial charge in [-0.15, -0.1) is 0 Å². The molecule has 10 heteroatoms.